The lowest BCUT2D eigenvalue weighted by Gasteiger charge is -2.33. The Morgan fingerprint density at radius 2 is 1.82 bits per heavy atom. The summed E-state index contributed by atoms with van der Waals surface area (Å²) in [6, 6.07) is 9.81. The monoisotopic (exact) mass is 546 g/mol. The standard InChI is InChI=1S/C30H38N6O4/c1-4-5-16-40-27-26(29(38)31-18-22-10-8-21(2)9-11-22)32-28-24(35-15-14-33(3)20-25(35)37)17-23(19-36(28)30(27)39)34-12-6-7-13-34/h8-11,17,19H,4-7,12-16,18,20H2,1-3H3,(H,31,38). The molecule has 1 N–H and O–H groups in total. The molecule has 0 saturated carbocycles. The molecule has 2 fully saturated rings. The summed E-state index contributed by atoms with van der Waals surface area (Å²) in [6.45, 7) is 7.81. The van der Waals surface area contributed by atoms with Crippen molar-refractivity contribution >= 4 is 28.8 Å². The van der Waals surface area contributed by atoms with Gasteiger partial charge in [-0.2, -0.15) is 0 Å². The Kier molecular flexibility index (Phi) is 8.35. The number of carbonyl (C=O) groups excluding carboxylic acids is 2. The molecule has 2 aliphatic heterocycles. The molecule has 212 valence electrons. The summed E-state index contributed by atoms with van der Waals surface area (Å²) in [7, 11) is 1.91. The molecular formula is C30H38N6O4. The van der Waals surface area contributed by atoms with Gasteiger partial charge in [-0.1, -0.05) is 43.2 Å². The molecule has 2 saturated heterocycles. The highest BCUT2D eigenvalue weighted by atomic mass is 16.5. The second kappa shape index (κ2) is 12.1. The van der Waals surface area contributed by atoms with Crippen molar-refractivity contribution in [1.29, 1.82) is 0 Å². The van der Waals surface area contributed by atoms with Gasteiger partial charge in [0.2, 0.25) is 11.7 Å². The zero-order valence-electron chi connectivity index (χ0n) is 23.6. The second-order valence-corrected chi connectivity index (χ2v) is 10.7. The minimum Gasteiger partial charge on any atom is -0.486 e. The van der Waals surface area contributed by atoms with E-state index in [-0.39, 0.29) is 36.1 Å². The maximum absolute atomic E-state index is 14.0. The predicted molar refractivity (Wildman–Crippen MR) is 156 cm³/mol. The molecule has 40 heavy (non-hydrogen) atoms. The number of benzene rings is 1. The van der Waals surface area contributed by atoms with Crippen LogP contribution in [-0.4, -0.2) is 72.5 Å². The van der Waals surface area contributed by atoms with E-state index in [0.717, 1.165) is 55.6 Å². The summed E-state index contributed by atoms with van der Waals surface area (Å²) >= 11 is 0. The van der Waals surface area contributed by atoms with E-state index in [1.807, 2.05) is 56.1 Å². The molecular weight excluding hydrogens is 508 g/mol. The third-order valence-electron chi connectivity index (χ3n) is 7.56. The van der Waals surface area contributed by atoms with Gasteiger partial charge in [-0.05, 0) is 44.9 Å². The lowest BCUT2D eigenvalue weighted by Crippen LogP contribution is -2.49. The fourth-order valence-corrected chi connectivity index (χ4v) is 5.16. The van der Waals surface area contributed by atoms with Crippen molar-refractivity contribution in [1.82, 2.24) is 19.6 Å². The number of nitrogens with one attached hydrogen (secondary N) is 1. The van der Waals surface area contributed by atoms with E-state index in [9.17, 15) is 14.4 Å². The maximum Gasteiger partial charge on any atom is 0.301 e. The van der Waals surface area contributed by atoms with Gasteiger partial charge in [-0.15, -0.1) is 0 Å². The molecule has 3 aromatic rings. The van der Waals surface area contributed by atoms with Crippen molar-refractivity contribution in [3.05, 3.63) is 63.7 Å². The zero-order chi connectivity index (χ0) is 28.2. The Bertz CT molecular complexity index is 1450. The van der Waals surface area contributed by atoms with Crippen LogP contribution in [0.15, 0.2) is 41.3 Å². The third kappa shape index (κ3) is 5.82. The molecule has 0 spiro atoms. The van der Waals surface area contributed by atoms with Crippen LogP contribution in [0.1, 0.15) is 54.2 Å². The number of aryl methyl sites for hydroxylation is 1. The van der Waals surface area contributed by atoms with Gasteiger partial charge in [0, 0.05) is 38.9 Å². The van der Waals surface area contributed by atoms with Crippen molar-refractivity contribution in [2.75, 3.05) is 56.2 Å². The molecule has 1 aromatic carbocycles. The molecule has 0 atom stereocenters. The molecule has 10 nitrogen and oxygen atoms in total. The van der Waals surface area contributed by atoms with Gasteiger partial charge in [0.05, 0.1) is 24.5 Å². The fourth-order valence-electron chi connectivity index (χ4n) is 5.16. The van der Waals surface area contributed by atoms with Crippen molar-refractivity contribution < 1.29 is 14.3 Å². The van der Waals surface area contributed by atoms with E-state index < -0.39 is 11.5 Å². The highest BCUT2D eigenvalue weighted by molar-refractivity contribution is 6.00. The molecule has 0 radical (unpaired) electrons. The largest absolute Gasteiger partial charge is 0.486 e. The van der Waals surface area contributed by atoms with E-state index in [1.54, 1.807) is 11.1 Å². The number of aromatic nitrogens is 2. The number of fused-ring (bicyclic) bond motifs is 1. The Morgan fingerprint density at radius 3 is 2.52 bits per heavy atom. The van der Waals surface area contributed by atoms with Crippen LogP contribution in [0, 0.1) is 6.92 Å². The summed E-state index contributed by atoms with van der Waals surface area (Å²) in [5.41, 5.74) is 3.21. The van der Waals surface area contributed by atoms with Crippen LogP contribution >= 0.6 is 0 Å². The summed E-state index contributed by atoms with van der Waals surface area (Å²) in [4.78, 5) is 51.3. The smallest absolute Gasteiger partial charge is 0.301 e. The Labute approximate surface area is 234 Å². The molecule has 2 aromatic heterocycles. The van der Waals surface area contributed by atoms with E-state index in [2.05, 4.69) is 10.2 Å². The van der Waals surface area contributed by atoms with Crippen LogP contribution in [0.25, 0.3) is 5.65 Å². The second-order valence-electron chi connectivity index (χ2n) is 10.7. The number of hydrogen-bond acceptors (Lipinski definition) is 7. The first-order valence-electron chi connectivity index (χ1n) is 14.2. The molecule has 0 unspecified atom stereocenters. The molecule has 0 bridgehead atoms. The average Bonchev–Trinajstić information content (AvgIpc) is 3.49. The summed E-state index contributed by atoms with van der Waals surface area (Å²) < 4.78 is 7.38. The number of piperazine rings is 1. The summed E-state index contributed by atoms with van der Waals surface area (Å²) in [5.74, 6) is -0.635. The molecule has 5 rings (SSSR count). The minimum atomic E-state index is -0.494. The molecule has 10 heteroatoms. The van der Waals surface area contributed by atoms with Crippen molar-refractivity contribution in [2.45, 2.75) is 46.1 Å². The van der Waals surface area contributed by atoms with Gasteiger partial charge in [0.25, 0.3) is 5.91 Å². The molecule has 4 heterocycles. The van der Waals surface area contributed by atoms with E-state index in [4.69, 9.17) is 9.72 Å². The number of amides is 2. The number of rotatable bonds is 9. The number of hydrogen-bond donors (Lipinski definition) is 1. The van der Waals surface area contributed by atoms with Gasteiger partial charge in [0.1, 0.15) is 0 Å². The van der Waals surface area contributed by atoms with Crippen LogP contribution in [0.5, 0.6) is 5.75 Å². The average molecular weight is 547 g/mol. The van der Waals surface area contributed by atoms with Gasteiger partial charge in [-0.25, -0.2) is 4.98 Å². The van der Waals surface area contributed by atoms with Crippen molar-refractivity contribution in [3.8, 4) is 5.75 Å². The highest BCUT2D eigenvalue weighted by Gasteiger charge is 2.29. The normalized spacial score (nSPS) is 16.1. The number of anilines is 2. The van der Waals surface area contributed by atoms with E-state index >= 15 is 0 Å². The SMILES string of the molecule is CCCCOc1c(C(=O)NCc2ccc(C)cc2)nc2c(N3CCN(C)CC3=O)cc(N3CCCC3)cn2c1=O. The van der Waals surface area contributed by atoms with Crippen LogP contribution in [0.4, 0.5) is 11.4 Å². The van der Waals surface area contributed by atoms with Crippen LogP contribution < -0.4 is 25.4 Å². The third-order valence-corrected chi connectivity index (χ3v) is 7.56. The Balaban J connectivity index is 1.61. The summed E-state index contributed by atoms with van der Waals surface area (Å²) in [5, 5.41) is 2.90. The van der Waals surface area contributed by atoms with Crippen LogP contribution in [0.2, 0.25) is 0 Å². The first-order valence-corrected chi connectivity index (χ1v) is 14.2. The van der Waals surface area contributed by atoms with E-state index in [1.165, 1.54) is 4.40 Å². The fraction of sp³-hybridized carbons (Fsp3) is 0.467. The van der Waals surface area contributed by atoms with E-state index in [0.29, 0.717) is 25.4 Å². The topological polar surface area (TPSA) is 99.5 Å². The Hall–Kier alpha value is -3.92. The quantitative estimate of drug-likeness (QED) is 0.412. The van der Waals surface area contributed by atoms with Crippen molar-refractivity contribution in [3.63, 3.8) is 0 Å². The van der Waals surface area contributed by atoms with Gasteiger partial charge < -0.3 is 19.9 Å². The number of nitrogens with zero attached hydrogens (tertiary/aromatic N) is 5. The minimum absolute atomic E-state index is 0.0648. The number of likely N-dealkylation sites (N-methyl/N-ethyl adjacent to an activating group) is 1. The number of unbranched alkanes of at least 4 members (excludes halogenated alkanes) is 1. The van der Waals surface area contributed by atoms with Crippen LogP contribution in [-0.2, 0) is 11.3 Å². The van der Waals surface area contributed by atoms with Gasteiger partial charge in [0.15, 0.2) is 11.3 Å². The summed E-state index contributed by atoms with van der Waals surface area (Å²) in [6.07, 6.45) is 5.52. The Morgan fingerprint density at radius 1 is 1.07 bits per heavy atom. The van der Waals surface area contributed by atoms with Crippen LogP contribution in [0.3, 0.4) is 0 Å². The lowest BCUT2D eigenvalue weighted by molar-refractivity contribution is -0.120. The molecule has 0 aliphatic carbocycles. The number of pyridine rings is 1. The highest BCUT2D eigenvalue weighted by Crippen LogP contribution is 2.30. The van der Waals surface area contributed by atoms with Gasteiger partial charge in [-0.3, -0.25) is 23.7 Å². The maximum atomic E-state index is 14.0. The lowest BCUT2D eigenvalue weighted by atomic mass is 10.1. The predicted octanol–water partition coefficient (Wildman–Crippen LogP) is 2.99. The molecule has 2 aliphatic rings. The first kappa shape index (κ1) is 27.6. The zero-order valence-corrected chi connectivity index (χ0v) is 23.6. The number of ether oxygens (including phenoxy) is 1. The first-order chi connectivity index (χ1) is 19.4. The van der Waals surface area contributed by atoms with Crippen molar-refractivity contribution in [2.24, 2.45) is 0 Å². The van der Waals surface area contributed by atoms with Gasteiger partial charge >= 0.3 is 5.56 Å². The molecule has 2 amide bonds. The number of carbonyl (C=O) groups is 2.